The van der Waals surface area contributed by atoms with Crippen LogP contribution in [0.15, 0.2) is 0 Å². The van der Waals surface area contributed by atoms with Crippen molar-refractivity contribution in [3.8, 4) is 0 Å². The highest BCUT2D eigenvalue weighted by Crippen LogP contribution is 2.28. The summed E-state index contributed by atoms with van der Waals surface area (Å²) in [5.74, 6) is 0. The Kier molecular flexibility index (Phi) is 6.32. The van der Waals surface area contributed by atoms with Gasteiger partial charge in [0, 0.05) is 6.04 Å². The third-order valence-electron chi connectivity index (χ3n) is 3.53. The number of rotatable bonds is 7. The van der Waals surface area contributed by atoms with E-state index in [1.54, 1.807) is 0 Å². The first-order chi connectivity index (χ1) is 7.70. The van der Waals surface area contributed by atoms with Gasteiger partial charge in [0.05, 0.1) is 0 Å². The number of hydrogen-bond acceptors (Lipinski definition) is 3. The average Bonchev–Trinajstić information content (AvgIpc) is 2.72. The molecule has 0 aliphatic heterocycles. The first-order valence-corrected chi connectivity index (χ1v) is 6.84. The lowest BCUT2D eigenvalue weighted by atomic mass is 10.1. The molecule has 1 saturated carbocycles. The Morgan fingerprint density at radius 1 is 1.00 bits per heavy atom. The summed E-state index contributed by atoms with van der Waals surface area (Å²) < 4.78 is 0. The third-order valence-corrected chi connectivity index (χ3v) is 3.53. The Labute approximate surface area is 99.5 Å². The normalized spacial score (nSPS) is 21.6. The second kappa shape index (κ2) is 7.25. The molecule has 2 atom stereocenters. The highest BCUT2D eigenvalue weighted by atomic mass is 16.3. The maximum absolute atomic E-state index is 10.1. The lowest BCUT2D eigenvalue weighted by Gasteiger charge is -2.37. The molecule has 0 aromatic rings. The molecule has 2 unspecified atom stereocenters. The molecule has 0 radical (unpaired) electrons. The molecule has 0 amide bonds. The van der Waals surface area contributed by atoms with Crippen LogP contribution in [-0.2, 0) is 0 Å². The van der Waals surface area contributed by atoms with E-state index in [1.807, 2.05) is 4.90 Å². The highest BCUT2D eigenvalue weighted by molar-refractivity contribution is 4.80. The van der Waals surface area contributed by atoms with Crippen LogP contribution in [0.3, 0.4) is 0 Å². The van der Waals surface area contributed by atoms with Gasteiger partial charge >= 0.3 is 0 Å². The Balaban J connectivity index is 2.59. The van der Waals surface area contributed by atoms with Crippen molar-refractivity contribution in [3.63, 3.8) is 0 Å². The monoisotopic (exact) mass is 229 g/mol. The van der Waals surface area contributed by atoms with Gasteiger partial charge in [-0.05, 0) is 25.7 Å². The van der Waals surface area contributed by atoms with Crippen molar-refractivity contribution in [1.29, 1.82) is 0 Å². The van der Waals surface area contributed by atoms with Crippen LogP contribution in [0.25, 0.3) is 0 Å². The molecule has 0 bridgehead atoms. The van der Waals surface area contributed by atoms with E-state index in [9.17, 15) is 10.2 Å². The van der Waals surface area contributed by atoms with Gasteiger partial charge in [-0.1, -0.05) is 39.5 Å². The third kappa shape index (κ3) is 3.72. The van der Waals surface area contributed by atoms with Gasteiger partial charge in [0.25, 0.3) is 0 Å². The van der Waals surface area contributed by atoms with Gasteiger partial charge < -0.3 is 10.2 Å². The average molecular weight is 229 g/mol. The zero-order valence-corrected chi connectivity index (χ0v) is 10.7. The first kappa shape index (κ1) is 13.9. The maximum Gasteiger partial charge on any atom is 0.109 e. The van der Waals surface area contributed by atoms with E-state index in [4.69, 9.17) is 0 Å². The zero-order chi connectivity index (χ0) is 12.0. The molecule has 96 valence electrons. The van der Waals surface area contributed by atoms with E-state index in [1.165, 1.54) is 12.8 Å². The minimum Gasteiger partial charge on any atom is -0.378 e. The SMILES string of the molecule is CCCC(O)N(C(O)CCC)C1CCCC1. The second-order valence-electron chi connectivity index (χ2n) is 4.92. The van der Waals surface area contributed by atoms with Crippen molar-refractivity contribution in [1.82, 2.24) is 4.90 Å². The fourth-order valence-electron chi connectivity index (χ4n) is 2.70. The molecule has 0 saturated heterocycles. The quantitative estimate of drug-likeness (QED) is 0.659. The molecule has 3 heteroatoms. The van der Waals surface area contributed by atoms with Crippen LogP contribution in [0.1, 0.15) is 65.2 Å². The minimum absolute atomic E-state index is 0.392. The summed E-state index contributed by atoms with van der Waals surface area (Å²) in [5.41, 5.74) is 0. The largest absolute Gasteiger partial charge is 0.378 e. The van der Waals surface area contributed by atoms with Crippen molar-refractivity contribution >= 4 is 0 Å². The summed E-state index contributed by atoms with van der Waals surface area (Å²) in [6.07, 6.45) is 7.24. The predicted molar refractivity (Wildman–Crippen MR) is 65.9 cm³/mol. The maximum atomic E-state index is 10.1. The van der Waals surface area contributed by atoms with Gasteiger partial charge in [-0.25, -0.2) is 4.90 Å². The van der Waals surface area contributed by atoms with Crippen LogP contribution < -0.4 is 0 Å². The number of aliphatic hydroxyl groups excluding tert-OH is 2. The van der Waals surface area contributed by atoms with E-state index in [0.717, 1.165) is 38.5 Å². The van der Waals surface area contributed by atoms with Gasteiger partial charge in [0.15, 0.2) is 0 Å². The Hall–Kier alpha value is -0.120. The van der Waals surface area contributed by atoms with Crippen molar-refractivity contribution < 1.29 is 10.2 Å². The van der Waals surface area contributed by atoms with Crippen LogP contribution in [0.4, 0.5) is 0 Å². The summed E-state index contributed by atoms with van der Waals surface area (Å²) in [4.78, 5) is 1.96. The molecule has 2 N–H and O–H groups in total. The van der Waals surface area contributed by atoms with E-state index in [2.05, 4.69) is 13.8 Å². The molecule has 1 aliphatic rings. The number of nitrogens with zero attached hydrogens (tertiary/aromatic N) is 1. The number of aliphatic hydroxyl groups is 2. The lowest BCUT2D eigenvalue weighted by molar-refractivity contribution is -0.129. The van der Waals surface area contributed by atoms with E-state index < -0.39 is 12.5 Å². The predicted octanol–water partition coefficient (Wildman–Crippen LogP) is 2.47. The van der Waals surface area contributed by atoms with Crippen LogP contribution >= 0.6 is 0 Å². The first-order valence-electron chi connectivity index (χ1n) is 6.84. The Morgan fingerprint density at radius 3 is 1.81 bits per heavy atom. The molecular weight excluding hydrogens is 202 g/mol. The molecular formula is C13H27NO2. The smallest absolute Gasteiger partial charge is 0.109 e. The summed E-state index contributed by atoms with van der Waals surface area (Å²) in [6, 6.07) is 0.392. The minimum atomic E-state index is -0.463. The van der Waals surface area contributed by atoms with Crippen LogP contribution in [-0.4, -0.2) is 33.6 Å². The van der Waals surface area contributed by atoms with E-state index >= 15 is 0 Å². The molecule has 0 aromatic carbocycles. The van der Waals surface area contributed by atoms with E-state index in [-0.39, 0.29) is 0 Å². The van der Waals surface area contributed by atoms with Gasteiger partial charge in [0.2, 0.25) is 0 Å². The van der Waals surface area contributed by atoms with Crippen LogP contribution in [0, 0.1) is 0 Å². The standard InChI is InChI=1S/C13H27NO2/c1-3-7-12(15)14(13(16)8-4-2)11-9-5-6-10-11/h11-13,15-16H,3-10H2,1-2H3. The van der Waals surface area contributed by atoms with Gasteiger partial charge in [-0.2, -0.15) is 0 Å². The highest BCUT2D eigenvalue weighted by Gasteiger charge is 2.31. The van der Waals surface area contributed by atoms with Gasteiger partial charge in [-0.15, -0.1) is 0 Å². The zero-order valence-electron chi connectivity index (χ0n) is 10.7. The fourth-order valence-corrected chi connectivity index (χ4v) is 2.70. The fraction of sp³-hybridized carbons (Fsp3) is 1.00. The van der Waals surface area contributed by atoms with Crippen molar-refractivity contribution in [2.75, 3.05) is 0 Å². The van der Waals surface area contributed by atoms with Crippen molar-refractivity contribution in [2.45, 2.75) is 83.7 Å². The van der Waals surface area contributed by atoms with Crippen molar-refractivity contribution in [2.24, 2.45) is 0 Å². The number of hydrogen-bond donors (Lipinski definition) is 2. The lowest BCUT2D eigenvalue weighted by Crippen LogP contribution is -2.48. The topological polar surface area (TPSA) is 43.7 Å². The molecule has 16 heavy (non-hydrogen) atoms. The summed E-state index contributed by atoms with van der Waals surface area (Å²) in [7, 11) is 0. The second-order valence-corrected chi connectivity index (χ2v) is 4.92. The molecule has 0 heterocycles. The Bertz CT molecular complexity index is 169. The Morgan fingerprint density at radius 2 is 1.44 bits per heavy atom. The van der Waals surface area contributed by atoms with Gasteiger partial charge in [-0.3, -0.25) is 0 Å². The molecule has 0 spiro atoms. The molecule has 1 fully saturated rings. The van der Waals surface area contributed by atoms with Crippen LogP contribution in [0.2, 0.25) is 0 Å². The summed E-state index contributed by atoms with van der Waals surface area (Å²) in [6.45, 7) is 4.14. The molecule has 1 aliphatic carbocycles. The molecule has 0 aromatic heterocycles. The summed E-state index contributed by atoms with van der Waals surface area (Å²) >= 11 is 0. The molecule has 1 rings (SSSR count). The van der Waals surface area contributed by atoms with Crippen molar-refractivity contribution in [3.05, 3.63) is 0 Å². The molecule has 3 nitrogen and oxygen atoms in total. The van der Waals surface area contributed by atoms with Gasteiger partial charge in [0.1, 0.15) is 12.5 Å². The van der Waals surface area contributed by atoms with E-state index in [0.29, 0.717) is 6.04 Å². The van der Waals surface area contributed by atoms with Crippen LogP contribution in [0.5, 0.6) is 0 Å². The summed E-state index contributed by atoms with van der Waals surface area (Å²) in [5, 5.41) is 20.3.